The normalized spacial score (nSPS) is 10.4. The summed E-state index contributed by atoms with van der Waals surface area (Å²) in [7, 11) is 0. The molecule has 0 spiro atoms. The van der Waals surface area contributed by atoms with Crippen LogP contribution in [0.3, 0.4) is 0 Å². The van der Waals surface area contributed by atoms with Crippen LogP contribution in [0.25, 0.3) is 5.82 Å². The van der Waals surface area contributed by atoms with Gasteiger partial charge in [-0.1, -0.05) is 0 Å². The van der Waals surface area contributed by atoms with E-state index in [0.29, 0.717) is 6.54 Å². The van der Waals surface area contributed by atoms with Crippen molar-refractivity contribution in [1.82, 2.24) is 19.7 Å². The highest BCUT2D eigenvalue weighted by Gasteiger charge is 2.00. The minimum absolute atomic E-state index is 0.490. The summed E-state index contributed by atoms with van der Waals surface area (Å²) in [6.07, 6.45) is 5.31. The highest BCUT2D eigenvalue weighted by molar-refractivity contribution is 5.21. The Hall–Kier alpha value is -1.75. The van der Waals surface area contributed by atoms with Crippen LogP contribution < -0.4 is 5.73 Å². The molecule has 0 aliphatic rings. The molecule has 0 aromatic carbocycles. The van der Waals surface area contributed by atoms with Crippen molar-refractivity contribution in [2.75, 3.05) is 0 Å². The summed E-state index contributed by atoms with van der Waals surface area (Å²) in [5, 5.41) is 4.14. The van der Waals surface area contributed by atoms with E-state index in [9.17, 15) is 0 Å². The van der Waals surface area contributed by atoms with Crippen molar-refractivity contribution in [1.29, 1.82) is 0 Å². The van der Waals surface area contributed by atoms with E-state index in [1.807, 2.05) is 13.1 Å². The van der Waals surface area contributed by atoms with Crippen molar-refractivity contribution in [2.45, 2.75) is 13.5 Å². The lowest BCUT2D eigenvalue weighted by atomic mass is 10.4. The van der Waals surface area contributed by atoms with Gasteiger partial charge < -0.3 is 5.73 Å². The number of aromatic nitrogens is 4. The number of hydrogen-bond acceptors (Lipinski definition) is 4. The van der Waals surface area contributed by atoms with Crippen LogP contribution in [-0.2, 0) is 6.54 Å². The lowest BCUT2D eigenvalue weighted by molar-refractivity contribution is 0.827. The average Bonchev–Trinajstić information content (AvgIpc) is 2.66. The van der Waals surface area contributed by atoms with Crippen molar-refractivity contribution < 1.29 is 0 Å². The van der Waals surface area contributed by atoms with E-state index in [0.717, 1.165) is 17.2 Å². The van der Waals surface area contributed by atoms with E-state index in [1.165, 1.54) is 0 Å². The first-order valence-corrected chi connectivity index (χ1v) is 4.33. The quantitative estimate of drug-likeness (QED) is 0.743. The van der Waals surface area contributed by atoms with Crippen LogP contribution in [0.15, 0.2) is 24.7 Å². The molecule has 5 heteroatoms. The van der Waals surface area contributed by atoms with E-state index >= 15 is 0 Å². The van der Waals surface area contributed by atoms with Gasteiger partial charge in [0.25, 0.3) is 0 Å². The summed E-state index contributed by atoms with van der Waals surface area (Å²) in [6.45, 7) is 2.33. The molecule has 0 atom stereocenters. The molecule has 2 rings (SSSR count). The molecule has 2 aromatic rings. The zero-order valence-corrected chi connectivity index (χ0v) is 7.88. The number of nitrogens with zero attached hydrogens (tertiary/aromatic N) is 4. The zero-order valence-electron chi connectivity index (χ0n) is 7.88. The van der Waals surface area contributed by atoms with Crippen LogP contribution in [0.5, 0.6) is 0 Å². The monoisotopic (exact) mass is 189 g/mol. The Morgan fingerprint density at radius 3 is 3.00 bits per heavy atom. The molecule has 0 fully saturated rings. The average molecular weight is 189 g/mol. The van der Waals surface area contributed by atoms with Gasteiger partial charge in [0.05, 0.1) is 6.20 Å². The van der Waals surface area contributed by atoms with Crippen LogP contribution in [0, 0.1) is 6.92 Å². The molecule has 2 aromatic heterocycles. The van der Waals surface area contributed by atoms with Crippen molar-refractivity contribution in [3.05, 3.63) is 36.0 Å². The van der Waals surface area contributed by atoms with Gasteiger partial charge in [0.1, 0.15) is 5.82 Å². The SMILES string of the molecule is Cc1nccc(-n2cc(CN)cn2)n1. The third-order valence-corrected chi connectivity index (χ3v) is 1.87. The van der Waals surface area contributed by atoms with Crippen LogP contribution in [0.1, 0.15) is 11.4 Å². The number of aryl methyl sites for hydroxylation is 1. The van der Waals surface area contributed by atoms with E-state index in [1.54, 1.807) is 23.1 Å². The number of nitrogens with two attached hydrogens (primary N) is 1. The summed E-state index contributed by atoms with van der Waals surface area (Å²) in [5.41, 5.74) is 6.47. The fourth-order valence-electron chi connectivity index (χ4n) is 1.16. The van der Waals surface area contributed by atoms with Gasteiger partial charge in [0.2, 0.25) is 0 Å². The number of rotatable bonds is 2. The zero-order chi connectivity index (χ0) is 9.97. The molecule has 0 amide bonds. The van der Waals surface area contributed by atoms with Gasteiger partial charge in [-0.2, -0.15) is 5.10 Å². The molecule has 0 saturated carbocycles. The Bertz CT molecular complexity index is 434. The Kier molecular flexibility index (Phi) is 2.24. The van der Waals surface area contributed by atoms with Gasteiger partial charge in [-0.15, -0.1) is 0 Å². The predicted octanol–water partition coefficient (Wildman–Crippen LogP) is 0.429. The minimum Gasteiger partial charge on any atom is -0.326 e. The van der Waals surface area contributed by atoms with Crippen molar-refractivity contribution in [3.8, 4) is 5.82 Å². The van der Waals surface area contributed by atoms with E-state index in [4.69, 9.17) is 5.73 Å². The van der Waals surface area contributed by atoms with Gasteiger partial charge in [0.15, 0.2) is 5.82 Å². The molecule has 2 heterocycles. The van der Waals surface area contributed by atoms with Gasteiger partial charge in [-0.3, -0.25) is 0 Å². The number of hydrogen-bond donors (Lipinski definition) is 1. The fraction of sp³-hybridized carbons (Fsp3) is 0.222. The van der Waals surface area contributed by atoms with Gasteiger partial charge >= 0.3 is 0 Å². The second-order valence-electron chi connectivity index (χ2n) is 2.96. The van der Waals surface area contributed by atoms with Crippen LogP contribution in [0.4, 0.5) is 0 Å². The fourth-order valence-corrected chi connectivity index (χ4v) is 1.16. The molecule has 0 saturated heterocycles. The molecule has 0 unspecified atom stereocenters. The molecule has 72 valence electrons. The first-order valence-electron chi connectivity index (χ1n) is 4.33. The smallest absolute Gasteiger partial charge is 0.156 e. The summed E-state index contributed by atoms with van der Waals surface area (Å²) in [5.74, 6) is 1.49. The maximum atomic E-state index is 5.49. The molecular weight excluding hydrogens is 178 g/mol. The Morgan fingerprint density at radius 1 is 1.50 bits per heavy atom. The molecule has 0 aliphatic carbocycles. The molecule has 0 radical (unpaired) electrons. The van der Waals surface area contributed by atoms with E-state index < -0.39 is 0 Å². The van der Waals surface area contributed by atoms with E-state index in [2.05, 4.69) is 15.1 Å². The minimum atomic E-state index is 0.490. The molecule has 0 bridgehead atoms. The lowest BCUT2D eigenvalue weighted by Crippen LogP contribution is -2.00. The van der Waals surface area contributed by atoms with Crippen molar-refractivity contribution in [3.63, 3.8) is 0 Å². The molecular formula is C9H11N5. The third-order valence-electron chi connectivity index (χ3n) is 1.87. The molecule has 14 heavy (non-hydrogen) atoms. The predicted molar refractivity (Wildman–Crippen MR) is 51.8 cm³/mol. The first-order chi connectivity index (χ1) is 6.79. The van der Waals surface area contributed by atoms with E-state index in [-0.39, 0.29) is 0 Å². The molecule has 0 aliphatic heterocycles. The van der Waals surface area contributed by atoms with Crippen LogP contribution in [-0.4, -0.2) is 19.7 Å². The molecule has 5 nitrogen and oxygen atoms in total. The molecule has 2 N–H and O–H groups in total. The topological polar surface area (TPSA) is 69.6 Å². The lowest BCUT2D eigenvalue weighted by Gasteiger charge is -1.99. The summed E-state index contributed by atoms with van der Waals surface area (Å²) >= 11 is 0. The standard InChI is InChI=1S/C9H11N5/c1-7-11-3-2-9(13-7)14-6-8(4-10)5-12-14/h2-3,5-6H,4,10H2,1H3. The largest absolute Gasteiger partial charge is 0.326 e. The maximum absolute atomic E-state index is 5.49. The summed E-state index contributed by atoms with van der Waals surface area (Å²) in [6, 6.07) is 1.81. The summed E-state index contributed by atoms with van der Waals surface area (Å²) in [4.78, 5) is 8.25. The van der Waals surface area contributed by atoms with Crippen molar-refractivity contribution in [2.24, 2.45) is 5.73 Å². The second kappa shape index (κ2) is 3.55. The first kappa shape index (κ1) is 8.83. The summed E-state index contributed by atoms with van der Waals surface area (Å²) < 4.78 is 1.69. The van der Waals surface area contributed by atoms with Crippen molar-refractivity contribution >= 4 is 0 Å². The highest BCUT2D eigenvalue weighted by Crippen LogP contribution is 2.04. The Balaban J connectivity index is 2.39. The second-order valence-corrected chi connectivity index (χ2v) is 2.96. The van der Waals surface area contributed by atoms with Crippen LogP contribution >= 0.6 is 0 Å². The van der Waals surface area contributed by atoms with Gasteiger partial charge in [-0.25, -0.2) is 14.6 Å². The van der Waals surface area contributed by atoms with Gasteiger partial charge in [-0.05, 0) is 6.92 Å². The van der Waals surface area contributed by atoms with Crippen LogP contribution in [0.2, 0.25) is 0 Å². The van der Waals surface area contributed by atoms with Gasteiger partial charge in [0, 0.05) is 30.6 Å². The third kappa shape index (κ3) is 1.62. The highest BCUT2D eigenvalue weighted by atomic mass is 15.3. The Labute approximate surface area is 81.6 Å². The maximum Gasteiger partial charge on any atom is 0.156 e. The Morgan fingerprint density at radius 2 is 2.36 bits per heavy atom.